The first kappa shape index (κ1) is 11.4. The summed E-state index contributed by atoms with van der Waals surface area (Å²) < 4.78 is 3.18. The van der Waals surface area contributed by atoms with Gasteiger partial charge in [0.1, 0.15) is 11.3 Å². The van der Waals surface area contributed by atoms with Crippen LogP contribution in [0.1, 0.15) is 12.7 Å². The minimum absolute atomic E-state index is 0.0442. The Kier molecular flexibility index (Phi) is 2.33. The number of likely N-dealkylation sites (tertiary alicyclic amines) is 1. The van der Waals surface area contributed by atoms with Gasteiger partial charge in [0.15, 0.2) is 0 Å². The van der Waals surface area contributed by atoms with Gasteiger partial charge in [-0.25, -0.2) is 4.52 Å². The Balaban J connectivity index is 1.93. The fourth-order valence-corrected chi connectivity index (χ4v) is 2.48. The van der Waals surface area contributed by atoms with E-state index in [4.69, 9.17) is 0 Å². The molecular weight excluding hydrogens is 232 g/mol. The zero-order valence-electron chi connectivity index (χ0n) is 10.5. The minimum atomic E-state index is -0.601. The van der Waals surface area contributed by atoms with Gasteiger partial charge in [-0.3, -0.25) is 14.3 Å². The maximum absolute atomic E-state index is 12.1. The standard InChI is InChI=1S/C12H16N4O2/c1-12(18)7-15(8-12)6-10-13-16-5-3-4-9(16)11(17)14(10)2/h3-5,18H,6-8H2,1-2H3. The van der Waals surface area contributed by atoms with E-state index in [-0.39, 0.29) is 5.56 Å². The number of rotatable bonds is 2. The van der Waals surface area contributed by atoms with Crippen molar-refractivity contribution in [2.24, 2.45) is 7.05 Å². The smallest absolute Gasteiger partial charge is 0.277 e. The molecule has 0 radical (unpaired) electrons. The summed E-state index contributed by atoms with van der Waals surface area (Å²) in [6.07, 6.45) is 1.77. The molecule has 0 bridgehead atoms. The molecule has 0 saturated carbocycles. The van der Waals surface area contributed by atoms with Crippen LogP contribution in [0.2, 0.25) is 0 Å². The highest BCUT2D eigenvalue weighted by molar-refractivity contribution is 5.43. The average Bonchev–Trinajstić information content (AvgIpc) is 2.71. The van der Waals surface area contributed by atoms with Crippen molar-refractivity contribution in [2.75, 3.05) is 13.1 Å². The van der Waals surface area contributed by atoms with Crippen molar-refractivity contribution in [3.05, 3.63) is 34.5 Å². The predicted molar refractivity (Wildman–Crippen MR) is 66.3 cm³/mol. The lowest BCUT2D eigenvalue weighted by molar-refractivity contribution is -0.0885. The van der Waals surface area contributed by atoms with Crippen molar-refractivity contribution in [1.29, 1.82) is 0 Å². The lowest BCUT2D eigenvalue weighted by Gasteiger charge is -2.44. The molecule has 1 N–H and O–H groups in total. The first-order valence-electron chi connectivity index (χ1n) is 5.94. The summed E-state index contributed by atoms with van der Waals surface area (Å²) in [6, 6.07) is 3.56. The number of hydrogen-bond donors (Lipinski definition) is 1. The summed E-state index contributed by atoms with van der Waals surface area (Å²) in [7, 11) is 1.73. The van der Waals surface area contributed by atoms with Crippen molar-refractivity contribution < 1.29 is 5.11 Å². The van der Waals surface area contributed by atoms with Gasteiger partial charge < -0.3 is 5.11 Å². The van der Waals surface area contributed by atoms with Crippen LogP contribution < -0.4 is 5.56 Å². The third-order valence-electron chi connectivity index (χ3n) is 3.36. The normalized spacial score (nSPS) is 19.1. The quantitative estimate of drug-likeness (QED) is 0.785. The average molecular weight is 248 g/mol. The van der Waals surface area contributed by atoms with Gasteiger partial charge in [-0.1, -0.05) is 0 Å². The molecule has 0 spiro atoms. The Morgan fingerprint density at radius 3 is 2.89 bits per heavy atom. The summed E-state index contributed by atoms with van der Waals surface area (Å²) in [5.41, 5.74) is -0.0645. The molecule has 96 valence electrons. The first-order chi connectivity index (χ1) is 8.46. The van der Waals surface area contributed by atoms with Gasteiger partial charge in [0, 0.05) is 26.3 Å². The second-order valence-corrected chi connectivity index (χ2v) is 5.26. The Bertz CT molecular complexity index is 648. The van der Waals surface area contributed by atoms with Gasteiger partial charge in [-0.2, -0.15) is 5.10 Å². The Labute approximate surface area is 104 Å². The number of fused-ring (bicyclic) bond motifs is 1. The second kappa shape index (κ2) is 3.66. The van der Waals surface area contributed by atoms with Gasteiger partial charge >= 0.3 is 0 Å². The van der Waals surface area contributed by atoms with Crippen molar-refractivity contribution in [2.45, 2.75) is 19.1 Å². The summed E-state index contributed by atoms with van der Waals surface area (Å²) >= 11 is 0. The molecule has 1 saturated heterocycles. The SMILES string of the molecule is Cn1c(CN2CC(C)(O)C2)nn2cccc2c1=O. The highest BCUT2D eigenvalue weighted by atomic mass is 16.3. The molecular formula is C12H16N4O2. The molecule has 2 aromatic rings. The van der Waals surface area contributed by atoms with Crippen LogP contribution in [-0.2, 0) is 13.6 Å². The molecule has 1 aliphatic rings. The predicted octanol–water partition coefficient (Wildman–Crippen LogP) is -0.400. The molecule has 0 unspecified atom stereocenters. The number of hydrogen-bond acceptors (Lipinski definition) is 4. The third kappa shape index (κ3) is 1.74. The van der Waals surface area contributed by atoms with Gasteiger partial charge in [0.2, 0.25) is 0 Å². The second-order valence-electron chi connectivity index (χ2n) is 5.26. The maximum Gasteiger partial charge on any atom is 0.277 e. The van der Waals surface area contributed by atoms with Crippen molar-refractivity contribution >= 4 is 5.52 Å². The Morgan fingerprint density at radius 2 is 2.22 bits per heavy atom. The van der Waals surface area contributed by atoms with Gasteiger partial charge in [-0.05, 0) is 19.1 Å². The van der Waals surface area contributed by atoms with Crippen LogP contribution in [0.4, 0.5) is 0 Å². The summed E-state index contributed by atoms with van der Waals surface area (Å²) in [5, 5.41) is 14.1. The van der Waals surface area contributed by atoms with Gasteiger partial charge in [0.25, 0.3) is 5.56 Å². The maximum atomic E-state index is 12.1. The van der Waals surface area contributed by atoms with Crippen LogP contribution in [0, 0.1) is 0 Å². The van der Waals surface area contributed by atoms with E-state index in [0.717, 1.165) is 0 Å². The number of aromatic nitrogens is 3. The fraction of sp³-hybridized carbons (Fsp3) is 0.500. The monoisotopic (exact) mass is 248 g/mol. The molecule has 0 amide bonds. The molecule has 6 heteroatoms. The Morgan fingerprint density at radius 1 is 1.50 bits per heavy atom. The van der Waals surface area contributed by atoms with Crippen LogP contribution in [0.25, 0.3) is 5.52 Å². The summed E-state index contributed by atoms with van der Waals surface area (Å²) in [6.45, 7) is 3.63. The van der Waals surface area contributed by atoms with Crippen molar-refractivity contribution in [3.63, 3.8) is 0 Å². The highest BCUT2D eigenvalue weighted by Gasteiger charge is 2.36. The zero-order chi connectivity index (χ0) is 12.9. The molecule has 3 heterocycles. The highest BCUT2D eigenvalue weighted by Crippen LogP contribution is 2.21. The van der Waals surface area contributed by atoms with E-state index in [0.29, 0.717) is 31.0 Å². The van der Waals surface area contributed by atoms with Gasteiger partial charge in [-0.15, -0.1) is 0 Å². The van der Waals surface area contributed by atoms with E-state index < -0.39 is 5.60 Å². The number of nitrogens with zero attached hydrogens (tertiary/aromatic N) is 4. The molecule has 2 aromatic heterocycles. The summed E-state index contributed by atoms with van der Waals surface area (Å²) in [4.78, 5) is 14.1. The Hall–Kier alpha value is -1.66. The van der Waals surface area contributed by atoms with Crippen LogP contribution in [-0.4, -0.2) is 42.9 Å². The van der Waals surface area contributed by atoms with Crippen LogP contribution in [0.15, 0.2) is 23.1 Å². The number of β-amino-alcohol motifs (C(OH)–C–C–N with tert-alkyl or cyclic N) is 1. The van der Waals surface area contributed by atoms with Crippen molar-refractivity contribution in [3.8, 4) is 0 Å². The molecule has 3 rings (SSSR count). The van der Waals surface area contributed by atoms with E-state index in [9.17, 15) is 9.90 Å². The molecule has 0 aromatic carbocycles. The first-order valence-corrected chi connectivity index (χ1v) is 5.94. The van der Waals surface area contributed by atoms with E-state index in [1.54, 1.807) is 28.4 Å². The van der Waals surface area contributed by atoms with E-state index >= 15 is 0 Å². The van der Waals surface area contributed by atoms with Crippen LogP contribution in [0.5, 0.6) is 0 Å². The largest absolute Gasteiger partial charge is 0.388 e. The van der Waals surface area contributed by atoms with Crippen LogP contribution in [0.3, 0.4) is 0 Å². The third-order valence-corrected chi connectivity index (χ3v) is 3.36. The van der Waals surface area contributed by atoms with E-state index in [2.05, 4.69) is 10.00 Å². The minimum Gasteiger partial charge on any atom is -0.388 e. The van der Waals surface area contributed by atoms with Gasteiger partial charge in [0.05, 0.1) is 12.1 Å². The fourth-order valence-electron chi connectivity index (χ4n) is 2.48. The number of aliphatic hydroxyl groups is 1. The molecule has 0 aliphatic carbocycles. The summed E-state index contributed by atoms with van der Waals surface area (Å²) in [5.74, 6) is 0.708. The van der Waals surface area contributed by atoms with Crippen LogP contribution >= 0.6 is 0 Å². The molecule has 1 aliphatic heterocycles. The van der Waals surface area contributed by atoms with E-state index in [1.807, 2.05) is 13.0 Å². The molecule has 6 nitrogen and oxygen atoms in total. The lowest BCUT2D eigenvalue weighted by Crippen LogP contribution is -2.59. The topological polar surface area (TPSA) is 62.8 Å². The molecule has 1 fully saturated rings. The molecule has 18 heavy (non-hydrogen) atoms. The lowest BCUT2D eigenvalue weighted by atomic mass is 9.97. The van der Waals surface area contributed by atoms with E-state index in [1.165, 1.54) is 0 Å². The molecule has 0 atom stereocenters. The van der Waals surface area contributed by atoms with Crippen molar-refractivity contribution in [1.82, 2.24) is 19.1 Å². The zero-order valence-corrected chi connectivity index (χ0v) is 10.5.